The smallest absolute Gasteiger partial charge is 0.138 e. The van der Waals surface area contributed by atoms with Crippen LogP contribution in [0.5, 0.6) is 0 Å². The van der Waals surface area contributed by atoms with Crippen molar-refractivity contribution >= 4 is 11.5 Å². The van der Waals surface area contributed by atoms with Crippen molar-refractivity contribution in [1.82, 2.24) is 9.38 Å². The normalized spacial score (nSPS) is 25.4. The number of hydrogen-bond acceptors (Lipinski definition) is 3. The number of hydrogen-bond donors (Lipinski definition) is 1. The number of anilines is 1. The Hall–Kier alpha value is -1.55. The van der Waals surface area contributed by atoms with Crippen molar-refractivity contribution in [3.63, 3.8) is 0 Å². The first kappa shape index (κ1) is 10.6. The molecule has 90 valence electrons. The third-order valence-corrected chi connectivity index (χ3v) is 3.59. The fourth-order valence-electron chi connectivity index (χ4n) is 2.53. The fourth-order valence-corrected chi connectivity index (χ4v) is 2.53. The van der Waals surface area contributed by atoms with E-state index >= 15 is 0 Å². The monoisotopic (exact) mass is 231 g/mol. The van der Waals surface area contributed by atoms with Crippen molar-refractivity contribution in [2.75, 3.05) is 18.0 Å². The van der Waals surface area contributed by atoms with E-state index in [9.17, 15) is 5.11 Å². The van der Waals surface area contributed by atoms with Gasteiger partial charge in [0.25, 0.3) is 0 Å². The van der Waals surface area contributed by atoms with Crippen molar-refractivity contribution < 1.29 is 5.11 Å². The third-order valence-electron chi connectivity index (χ3n) is 3.59. The Labute approximate surface area is 101 Å². The highest BCUT2D eigenvalue weighted by molar-refractivity contribution is 5.51. The molecular weight excluding hydrogens is 214 g/mol. The van der Waals surface area contributed by atoms with E-state index in [4.69, 9.17) is 0 Å². The Morgan fingerprint density at radius 3 is 3.12 bits per heavy atom. The van der Waals surface area contributed by atoms with Gasteiger partial charge >= 0.3 is 0 Å². The predicted molar refractivity (Wildman–Crippen MR) is 67.2 cm³/mol. The highest BCUT2D eigenvalue weighted by atomic mass is 16.3. The SMILES string of the molecule is CC1CN(c2cccc3nccn23)CCC1O. The van der Waals surface area contributed by atoms with Gasteiger partial charge < -0.3 is 10.0 Å². The molecule has 3 rings (SSSR count). The van der Waals surface area contributed by atoms with Gasteiger partial charge in [-0.05, 0) is 24.5 Å². The summed E-state index contributed by atoms with van der Waals surface area (Å²) in [5.74, 6) is 1.49. The second kappa shape index (κ2) is 4.04. The lowest BCUT2D eigenvalue weighted by Crippen LogP contribution is -2.42. The van der Waals surface area contributed by atoms with E-state index in [2.05, 4.69) is 27.3 Å². The topological polar surface area (TPSA) is 40.8 Å². The van der Waals surface area contributed by atoms with Crippen molar-refractivity contribution in [2.24, 2.45) is 5.92 Å². The molecule has 0 amide bonds. The maximum atomic E-state index is 9.77. The van der Waals surface area contributed by atoms with Gasteiger partial charge in [-0.15, -0.1) is 0 Å². The molecule has 0 aromatic carbocycles. The molecule has 4 heteroatoms. The van der Waals surface area contributed by atoms with Gasteiger partial charge in [0, 0.05) is 25.5 Å². The van der Waals surface area contributed by atoms with Crippen LogP contribution in [0.15, 0.2) is 30.6 Å². The van der Waals surface area contributed by atoms with Gasteiger partial charge in [0.15, 0.2) is 0 Å². The van der Waals surface area contributed by atoms with Gasteiger partial charge in [0.2, 0.25) is 0 Å². The molecule has 1 aliphatic heterocycles. The van der Waals surface area contributed by atoms with Gasteiger partial charge in [-0.3, -0.25) is 4.40 Å². The molecule has 2 aromatic heterocycles. The Morgan fingerprint density at radius 1 is 1.41 bits per heavy atom. The van der Waals surface area contributed by atoms with Crippen LogP contribution in [0.4, 0.5) is 5.82 Å². The molecule has 0 radical (unpaired) electrons. The van der Waals surface area contributed by atoms with Crippen LogP contribution in [0, 0.1) is 5.92 Å². The molecule has 3 heterocycles. The van der Waals surface area contributed by atoms with Crippen LogP contribution in [-0.4, -0.2) is 33.7 Å². The van der Waals surface area contributed by atoms with Gasteiger partial charge in [0.1, 0.15) is 11.5 Å². The third kappa shape index (κ3) is 1.78. The molecule has 2 aromatic rings. The molecule has 0 aliphatic carbocycles. The summed E-state index contributed by atoms with van der Waals surface area (Å²) < 4.78 is 2.10. The van der Waals surface area contributed by atoms with Crippen molar-refractivity contribution in [2.45, 2.75) is 19.4 Å². The first-order valence-electron chi connectivity index (χ1n) is 6.11. The zero-order valence-corrected chi connectivity index (χ0v) is 9.95. The number of pyridine rings is 1. The maximum absolute atomic E-state index is 9.77. The van der Waals surface area contributed by atoms with Crippen LogP contribution in [0.2, 0.25) is 0 Å². The van der Waals surface area contributed by atoms with Gasteiger partial charge in [-0.25, -0.2) is 4.98 Å². The van der Waals surface area contributed by atoms with E-state index < -0.39 is 0 Å². The highest BCUT2D eigenvalue weighted by Crippen LogP contribution is 2.23. The van der Waals surface area contributed by atoms with Crippen molar-refractivity contribution in [3.05, 3.63) is 30.6 Å². The summed E-state index contributed by atoms with van der Waals surface area (Å²) in [4.78, 5) is 6.62. The summed E-state index contributed by atoms with van der Waals surface area (Å²) in [6.07, 6.45) is 4.49. The van der Waals surface area contributed by atoms with Crippen LogP contribution < -0.4 is 4.90 Å². The zero-order chi connectivity index (χ0) is 11.8. The van der Waals surface area contributed by atoms with Gasteiger partial charge in [0.05, 0.1) is 6.10 Å². The minimum atomic E-state index is -0.159. The standard InChI is InChI=1S/C13H17N3O/c1-10-9-15(7-5-11(10)17)13-4-2-3-12-14-6-8-16(12)13/h2-4,6,8,10-11,17H,5,7,9H2,1H3. The molecule has 1 fully saturated rings. The second-order valence-corrected chi connectivity index (χ2v) is 4.82. The van der Waals surface area contributed by atoms with Crippen LogP contribution in [0.25, 0.3) is 5.65 Å². The molecule has 0 bridgehead atoms. The largest absolute Gasteiger partial charge is 0.393 e. The summed E-state index contributed by atoms with van der Waals surface area (Å²) in [7, 11) is 0. The number of rotatable bonds is 1. The Bertz CT molecular complexity index is 522. The average Bonchev–Trinajstić information content (AvgIpc) is 2.80. The molecule has 1 saturated heterocycles. The molecule has 2 unspecified atom stereocenters. The van der Waals surface area contributed by atoms with Crippen LogP contribution in [0.3, 0.4) is 0 Å². The summed E-state index contributed by atoms with van der Waals surface area (Å²) >= 11 is 0. The molecule has 0 saturated carbocycles. The van der Waals surface area contributed by atoms with Crippen molar-refractivity contribution in [3.8, 4) is 0 Å². The molecule has 0 spiro atoms. The molecule has 1 aliphatic rings. The number of piperidine rings is 1. The van der Waals surface area contributed by atoms with Crippen molar-refractivity contribution in [1.29, 1.82) is 0 Å². The Morgan fingerprint density at radius 2 is 2.29 bits per heavy atom. The highest BCUT2D eigenvalue weighted by Gasteiger charge is 2.25. The van der Waals surface area contributed by atoms with E-state index in [0.29, 0.717) is 5.92 Å². The van der Waals surface area contributed by atoms with Crippen LogP contribution in [0.1, 0.15) is 13.3 Å². The van der Waals surface area contributed by atoms with E-state index in [1.807, 2.05) is 24.5 Å². The number of fused-ring (bicyclic) bond motifs is 1. The summed E-state index contributed by atoms with van der Waals surface area (Å²) in [6.45, 7) is 3.91. The van der Waals surface area contributed by atoms with Gasteiger partial charge in [-0.2, -0.15) is 0 Å². The number of aliphatic hydroxyl groups excluding tert-OH is 1. The average molecular weight is 231 g/mol. The first-order chi connectivity index (χ1) is 8.25. The number of aliphatic hydroxyl groups is 1. The van der Waals surface area contributed by atoms with Gasteiger partial charge in [-0.1, -0.05) is 13.0 Å². The van der Waals surface area contributed by atoms with Crippen LogP contribution >= 0.6 is 0 Å². The molecule has 17 heavy (non-hydrogen) atoms. The van der Waals surface area contributed by atoms with E-state index in [-0.39, 0.29) is 6.10 Å². The lowest BCUT2D eigenvalue weighted by Gasteiger charge is -2.36. The minimum Gasteiger partial charge on any atom is -0.393 e. The number of nitrogens with zero attached hydrogens (tertiary/aromatic N) is 3. The summed E-state index contributed by atoms with van der Waals surface area (Å²) in [5, 5.41) is 9.77. The number of aromatic nitrogens is 2. The quantitative estimate of drug-likeness (QED) is 0.809. The molecular formula is C13H17N3O. The second-order valence-electron chi connectivity index (χ2n) is 4.82. The first-order valence-corrected chi connectivity index (χ1v) is 6.11. The lowest BCUT2D eigenvalue weighted by atomic mass is 9.97. The fraction of sp³-hybridized carbons (Fsp3) is 0.462. The van der Waals surface area contributed by atoms with E-state index in [1.54, 1.807) is 0 Å². The number of imidazole rings is 1. The molecule has 1 N–H and O–H groups in total. The van der Waals surface area contributed by atoms with E-state index in [1.165, 1.54) is 5.82 Å². The maximum Gasteiger partial charge on any atom is 0.138 e. The predicted octanol–water partition coefficient (Wildman–Crippen LogP) is 1.54. The zero-order valence-electron chi connectivity index (χ0n) is 9.95. The van der Waals surface area contributed by atoms with Crippen LogP contribution in [-0.2, 0) is 0 Å². The molecule has 2 atom stereocenters. The lowest BCUT2D eigenvalue weighted by molar-refractivity contribution is 0.0968. The summed E-state index contributed by atoms with van der Waals surface area (Å²) in [6, 6.07) is 6.15. The summed E-state index contributed by atoms with van der Waals surface area (Å²) in [5.41, 5.74) is 0.973. The van der Waals surface area contributed by atoms with E-state index in [0.717, 1.165) is 25.2 Å². The minimum absolute atomic E-state index is 0.159. The molecule has 4 nitrogen and oxygen atoms in total. The Balaban J connectivity index is 1.96. The Kier molecular flexibility index (Phi) is 2.52.